The number of thioether (sulfide) groups is 1. The number of rotatable bonds is 6. The molecule has 1 aromatic rings. The number of carbonyl (C=O) groups excluding carboxylic acids is 2. The van der Waals surface area contributed by atoms with Gasteiger partial charge in [-0.05, 0) is 42.0 Å². The second-order valence-electron chi connectivity index (χ2n) is 4.51. The highest BCUT2D eigenvalue weighted by Crippen LogP contribution is 2.32. The Morgan fingerprint density at radius 3 is 2.90 bits per heavy atom. The van der Waals surface area contributed by atoms with Crippen molar-refractivity contribution in [1.29, 1.82) is 0 Å². The summed E-state index contributed by atoms with van der Waals surface area (Å²) in [5, 5.41) is -0.202. The molecule has 1 fully saturated rings. The molecule has 0 radical (unpaired) electrons. The lowest BCUT2D eigenvalue weighted by molar-refractivity contribution is -0.122. The van der Waals surface area contributed by atoms with E-state index in [0.29, 0.717) is 23.8 Å². The van der Waals surface area contributed by atoms with Gasteiger partial charge in [-0.2, -0.15) is 0 Å². The fourth-order valence-electron chi connectivity index (χ4n) is 1.92. The summed E-state index contributed by atoms with van der Waals surface area (Å²) in [6.07, 6.45) is 4.15. The second kappa shape index (κ2) is 7.13. The molecule has 0 saturated carbocycles. The third-order valence-corrected chi connectivity index (χ3v) is 3.75. The molecule has 0 atom stereocenters. The monoisotopic (exact) mass is 303 g/mol. The number of carbonyl (C=O) groups is 2. The molecule has 0 aliphatic carbocycles. The van der Waals surface area contributed by atoms with Crippen LogP contribution in [0.25, 0.3) is 6.08 Å². The summed E-state index contributed by atoms with van der Waals surface area (Å²) in [5.41, 5.74) is 0.832. The molecule has 1 aliphatic heterocycles. The zero-order valence-corrected chi connectivity index (χ0v) is 12.7. The van der Waals surface area contributed by atoms with Crippen LogP contribution in [0.3, 0.4) is 0 Å². The van der Waals surface area contributed by atoms with E-state index in [1.54, 1.807) is 12.2 Å². The smallest absolute Gasteiger partial charge is 0.293 e. The van der Waals surface area contributed by atoms with Crippen molar-refractivity contribution in [2.45, 2.75) is 13.3 Å². The minimum absolute atomic E-state index is 0.202. The zero-order valence-electron chi connectivity index (χ0n) is 11.9. The molecule has 0 unspecified atom stereocenters. The molecule has 1 aliphatic rings. The van der Waals surface area contributed by atoms with Gasteiger partial charge in [0.1, 0.15) is 12.4 Å². The third kappa shape index (κ3) is 3.76. The Morgan fingerprint density at radius 2 is 2.19 bits per heavy atom. The normalized spacial score (nSPS) is 16.6. The van der Waals surface area contributed by atoms with E-state index in [4.69, 9.17) is 4.74 Å². The molecule has 1 saturated heterocycles. The van der Waals surface area contributed by atoms with Crippen LogP contribution in [0.5, 0.6) is 5.75 Å². The Labute approximate surface area is 128 Å². The molecule has 1 aromatic carbocycles. The van der Waals surface area contributed by atoms with E-state index in [1.165, 1.54) is 4.90 Å². The van der Waals surface area contributed by atoms with Gasteiger partial charge in [0.25, 0.3) is 11.1 Å². The van der Waals surface area contributed by atoms with E-state index in [-0.39, 0.29) is 11.1 Å². The highest BCUT2D eigenvalue weighted by atomic mass is 32.2. The van der Waals surface area contributed by atoms with Crippen LogP contribution in [0.15, 0.2) is 41.8 Å². The highest BCUT2D eigenvalue weighted by Gasteiger charge is 2.34. The van der Waals surface area contributed by atoms with Crippen molar-refractivity contribution in [3.05, 3.63) is 47.4 Å². The van der Waals surface area contributed by atoms with Crippen LogP contribution in [-0.4, -0.2) is 29.2 Å². The first-order valence-corrected chi connectivity index (χ1v) is 7.56. The Balaban J connectivity index is 2.18. The van der Waals surface area contributed by atoms with Gasteiger partial charge in [-0.15, -0.1) is 0 Å². The van der Waals surface area contributed by atoms with E-state index in [9.17, 15) is 9.59 Å². The number of amides is 2. The minimum atomic E-state index is -0.218. The van der Waals surface area contributed by atoms with Gasteiger partial charge >= 0.3 is 0 Å². The average molecular weight is 303 g/mol. The lowest BCUT2D eigenvalue weighted by atomic mass is 10.2. The van der Waals surface area contributed by atoms with E-state index < -0.39 is 0 Å². The lowest BCUT2D eigenvalue weighted by Crippen LogP contribution is -2.28. The van der Waals surface area contributed by atoms with Crippen LogP contribution in [0, 0.1) is 0 Å². The molecule has 1 heterocycles. The number of imide groups is 1. The molecule has 0 bridgehead atoms. The average Bonchev–Trinajstić information content (AvgIpc) is 2.73. The molecule has 2 amide bonds. The largest absolute Gasteiger partial charge is 0.490 e. The molecule has 0 spiro atoms. The first kappa shape index (κ1) is 15.4. The predicted octanol–water partition coefficient (Wildman–Crippen LogP) is 3.70. The van der Waals surface area contributed by atoms with Crippen LogP contribution < -0.4 is 4.74 Å². The molecule has 0 N–H and O–H groups in total. The predicted molar refractivity (Wildman–Crippen MR) is 85.1 cm³/mol. The van der Waals surface area contributed by atoms with Crippen LogP contribution in [-0.2, 0) is 4.79 Å². The summed E-state index contributed by atoms with van der Waals surface area (Å²) in [5.74, 6) is 0.487. The van der Waals surface area contributed by atoms with Crippen molar-refractivity contribution in [2.24, 2.45) is 0 Å². The Morgan fingerprint density at radius 1 is 1.38 bits per heavy atom. The summed E-state index contributed by atoms with van der Waals surface area (Å²) < 4.78 is 5.45. The fraction of sp³-hybridized carbons (Fsp3) is 0.250. The highest BCUT2D eigenvalue weighted by molar-refractivity contribution is 8.18. The molecule has 5 heteroatoms. The minimum Gasteiger partial charge on any atom is -0.490 e. The van der Waals surface area contributed by atoms with Crippen LogP contribution in [0.2, 0.25) is 0 Å². The summed E-state index contributed by atoms with van der Waals surface area (Å²) in [4.78, 5) is 25.7. The maximum absolute atomic E-state index is 12.1. The number of nitrogens with zero attached hydrogens (tertiary/aromatic N) is 1. The third-order valence-electron chi connectivity index (χ3n) is 2.84. The van der Waals surface area contributed by atoms with Crippen LogP contribution >= 0.6 is 11.8 Å². The Kier molecular flexibility index (Phi) is 5.22. The fourth-order valence-corrected chi connectivity index (χ4v) is 2.78. The van der Waals surface area contributed by atoms with Gasteiger partial charge in [0.2, 0.25) is 0 Å². The van der Waals surface area contributed by atoms with Crippen molar-refractivity contribution in [3.63, 3.8) is 0 Å². The van der Waals surface area contributed by atoms with Gasteiger partial charge < -0.3 is 4.74 Å². The quantitative estimate of drug-likeness (QED) is 0.594. The summed E-state index contributed by atoms with van der Waals surface area (Å²) in [6, 6.07) is 7.38. The Bertz CT molecular complexity index is 595. The van der Waals surface area contributed by atoms with Crippen LogP contribution in [0.4, 0.5) is 4.79 Å². The molecular weight excluding hydrogens is 286 g/mol. The summed E-state index contributed by atoms with van der Waals surface area (Å²) >= 11 is 0.982. The molecule has 0 aromatic heterocycles. The van der Waals surface area contributed by atoms with E-state index in [2.05, 4.69) is 6.58 Å². The first-order chi connectivity index (χ1) is 10.2. The molecular formula is C16H17NO3S. The maximum Gasteiger partial charge on any atom is 0.293 e. The van der Waals surface area contributed by atoms with Crippen molar-refractivity contribution in [1.82, 2.24) is 4.90 Å². The Hall–Kier alpha value is -2.01. The van der Waals surface area contributed by atoms with Gasteiger partial charge in [0.15, 0.2) is 0 Å². The number of ether oxygens (including phenoxy) is 1. The van der Waals surface area contributed by atoms with E-state index in [1.807, 2.05) is 31.2 Å². The standard InChI is InChI=1S/C16H17NO3S/c1-3-8-17-15(18)14(21-16(17)19)11-12-6-5-7-13(10-12)20-9-4-2/h4-7,10-11H,2-3,8-9H2,1H3/b14-11+. The second-order valence-corrected chi connectivity index (χ2v) is 5.50. The first-order valence-electron chi connectivity index (χ1n) is 6.75. The summed E-state index contributed by atoms with van der Waals surface area (Å²) in [6.45, 7) is 6.43. The van der Waals surface area contributed by atoms with Crippen molar-refractivity contribution in [2.75, 3.05) is 13.2 Å². The number of hydrogen-bond acceptors (Lipinski definition) is 4. The van der Waals surface area contributed by atoms with Crippen molar-refractivity contribution >= 4 is 29.0 Å². The van der Waals surface area contributed by atoms with E-state index in [0.717, 1.165) is 23.7 Å². The van der Waals surface area contributed by atoms with Crippen molar-refractivity contribution < 1.29 is 14.3 Å². The SMILES string of the molecule is C=CCOc1cccc(/C=C2/SC(=O)N(CCC)C2=O)c1. The van der Waals surface area contributed by atoms with Gasteiger partial charge in [0, 0.05) is 6.54 Å². The lowest BCUT2D eigenvalue weighted by Gasteiger charge is -2.09. The molecule has 2 rings (SSSR count). The number of hydrogen-bond donors (Lipinski definition) is 0. The molecule has 4 nitrogen and oxygen atoms in total. The van der Waals surface area contributed by atoms with Gasteiger partial charge in [-0.1, -0.05) is 31.7 Å². The van der Waals surface area contributed by atoms with Crippen molar-refractivity contribution in [3.8, 4) is 5.75 Å². The topological polar surface area (TPSA) is 46.6 Å². The van der Waals surface area contributed by atoms with E-state index >= 15 is 0 Å². The van der Waals surface area contributed by atoms with Crippen LogP contribution in [0.1, 0.15) is 18.9 Å². The molecule has 110 valence electrons. The maximum atomic E-state index is 12.1. The van der Waals surface area contributed by atoms with Gasteiger partial charge in [0.05, 0.1) is 4.91 Å². The van der Waals surface area contributed by atoms with Gasteiger partial charge in [-0.25, -0.2) is 0 Å². The van der Waals surface area contributed by atoms with Gasteiger partial charge in [-0.3, -0.25) is 14.5 Å². The zero-order chi connectivity index (χ0) is 15.2. The summed E-state index contributed by atoms with van der Waals surface area (Å²) in [7, 11) is 0. The molecule has 21 heavy (non-hydrogen) atoms. The number of benzene rings is 1.